The number of para-hydroxylation sites is 1. The predicted octanol–water partition coefficient (Wildman–Crippen LogP) is 2.99. The van der Waals surface area contributed by atoms with E-state index in [-0.39, 0.29) is 6.42 Å². The molecule has 0 bridgehead atoms. The van der Waals surface area contributed by atoms with Gasteiger partial charge in [-0.05, 0) is 17.5 Å². The molecule has 0 aliphatic heterocycles. The third-order valence-corrected chi connectivity index (χ3v) is 2.76. The van der Waals surface area contributed by atoms with Gasteiger partial charge in [-0.2, -0.15) is 0 Å². The van der Waals surface area contributed by atoms with Crippen molar-refractivity contribution in [1.29, 1.82) is 0 Å². The first-order valence-electron chi connectivity index (χ1n) is 5.68. The molecule has 0 unspecified atom stereocenters. The van der Waals surface area contributed by atoms with Crippen molar-refractivity contribution in [2.24, 2.45) is 0 Å². The van der Waals surface area contributed by atoms with Gasteiger partial charge in [-0.3, -0.25) is 9.78 Å². The van der Waals surface area contributed by atoms with Gasteiger partial charge in [0.1, 0.15) is 0 Å². The van der Waals surface area contributed by atoms with Crippen LogP contribution in [0.1, 0.15) is 31.0 Å². The standard InChI is InChI=1S/C14H15NO2/c1-9(2)12-5-3-4-10-6-7-11(8-13(16)17)15-14(10)12/h3-7,9H,8H2,1-2H3,(H,16,17). The molecule has 0 saturated heterocycles. The Morgan fingerprint density at radius 3 is 2.71 bits per heavy atom. The molecule has 88 valence electrons. The Hall–Kier alpha value is -1.90. The van der Waals surface area contributed by atoms with E-state index >= 15 is 0 Å². The molecular weight excluding hydrogens is 214 g/mol. The molecule has 2 aromatic rings. The summed E-state index contributed by atoms with van der Waals surface area (Å²) >= 11 is 0. The maximum atomic E-state index is 10.7. The largest absolute Gasteiger partial charge is 0.481 e. The van der Waals surface area contributed by atoms with Crippen LogP contribution in [0, 0.1) is 0 Å². The van der Waals surface area contributed by atoms with Crippen molar-refractivity contribution in [3.8, 4) is 0 Å². The fourth-order valence-electron chi connectivity index (χ4n) is 1.93. The van der Waals surface area contributed by atoms with Crippen molar-refractivity contribution in [2.45, 2.75) is 26.2 Å². The first-order chi connectivity index (χ1) is 8.08. The Kier molecular flexibility index (Phi) is 3.09. The summed E-state index contributed by atoms with van der Waals surface area (Å²) in [5.74, 6) is -0.467. The lowest BCUT2D eigenvalue weighted by atomic mass is 9.99. The maximum Gasteiger partial charge on any atom is 0.309 e. The minimum absolute atomic E-state index is 0.0254. The molecule has 3 heteroatoms. The van der Waals surface area contributed by atoms with Gasteiger partial charge in [-0.25, -0.2) is 0 Å². The zero-order chi connectivity index (χ0) is 12.4. The summed E-state index contributed by atoms with van der Waals surface area (Å²) in [4.78, 5) is 15.1. The fraction of sp³-hybridized carbons (Fsp3) is 0.286. The van der Waals surface area contributed by atoms with Crippen LogP contribution >= 0.6 is 0 Å². The first-order valence-corrected chi connectivity index (χ1v) is 5.68. The number of carboxylic acids is 1. The normalized spacial score (nSPS) is 11.0. The van der Waals surface area contributed by atoms with Crippen molar-refractivity contribution in [1.82, 2.24) is 4.98 Å². The van der Waals surface area contributed by atoms with E-state index in [1.807, 2.05) is 24.3 Å². The van der Waals surface area contributed by atoms with Gasteiger partial charge in [-0.15, -0.1) is 0 Å². The smallest absolute Gasteiger partial charge is 0.309 e. The van der Waals surface area contributed by atoms with Gasteiger partial charge >= 0.3 is 5.97 Å². The molecule has 0 aliphatic carbocycles. The second-order valence-corrected chi connectivity index (χ2v) is 4.45. The maximum absolute atomic E-state index is 10.7. The highest BCUT2D eigenvalue weighted by Crippen LogP contribution is 2.23. The molecule has 0 radical (unpaired) electrons. The summed E-state index contributed by atoms with van der Waals surface area (Å²) < 4.78 is 0. The average Bonchev–Trinajstić information content (AvgIpc) is 2.27. The molecule has 1 N–H and O–H groups in total. The van der Waals surface area contributed by atoms with Crippen molar-refractivity contribution < 1.29 is 9.90 Å². The van der Waals surface area contributed by atoms with Gasteiger partial charge in [0, 0.05) is 5.39 Å². The van der Waals surface area contributed by atoms with Gasteiger partial charge in [-0.1, -0.05) is 38.1 Å². The average molecular weight is 229 g/mol. The molecule has 1 aromatic heterocycles. The van der Waals surface area contributed by atoms with E-state index in [1.54, 1.807) is 6.07 Å². The van der Waals surface area contributed by atoms with E-state index in [1.165, 1.54) is 0 Å². The highest BCUT2D eigenvalue weighted by atomic mass is 16.4. The summed E-state index contributed by atoms with van der Waals surface area (Å²) in [7, 11) is 0. The van der Waals surface area contributed by atoms with E-state index < -0.39 is 5.97 Å². The lowest BCUT2D eigenvalue weighted by Crippen LogP contribution is -2.03. The van der Waals surface area contributed by atoms with Crippen LogP contribution in [0.4, 0.5) is 0 Å². The summed E-state index contributed by atoms with van der Waals surface area (Å²) in [6.45, 7) is 4.22. The van der Waals surface area contributed by atoms with Crippen LogP contribution in [-0.2, 0) is 11.2 Å². The molecule has 0 aliphatic rings. The van der Waals surface area contributed by atoms with Crippen molar-refractivity contribution in [2.75, 3.05) is 0 Å². The third kappa shape index (κ3) is 2.44. The number of carbonyl (C=O) groups is 1. The number of carboxylic acid groups (broad SMARTS) is 1. The van der Waals surface area contributed by atoms with E-state index in [0.29, 0.717) is 11.6 Å². The predicted molar refractivity (Wildman–Crippen MR) is 67.2 cm³/mol. The number of nitrogens with zero attached hydrogens (tertiary/aromatic N) is 1. The number of hydrogen-bond donors (Lipinski definition) is 1. The first kappa shape index (κ1) is 11.6. The number of hydrogen-bond acceptors (Lipinski definition) is 2. The van der Waals surface area contributed by atoms with Gasteiger partial charge in [0.05, 0.1) is 17.6 Å². The molecule has 2 rings (SSSR count). The van der Waals surface area contributed by atoms with E-state index in [9.17, 15) is 4.79 Å². The summed E-state index contributed by atoms with van der Waals surface area (Å²) in [6, 6.07) is 9.77. The Labute approximate surface area is 100 Å². The van der Waals surface area contributed by atoms with Crippen LogP contribution in [0.25, 0.3) is 10.9 Å². The monoisotopic (exact) mass is 229 g/mol. The highest BCUT2D eigenvalue weighted by molar-refractivity contribution is 5.83. The van der Waals surface area contributed by atoms with E-state index in [2.05, 4.69) is 18.8 Å². The topological polar surface area (TPSA) is 50.2 Å². The molecular formula is C14H15NO2. The number of rotatable bonds is 3. The number of benzene rings is 1. The number of pyridine rings is 1. The molecule has 17 heavy (non-hydrogen) atoms. The molecule has 1 heterocycles. The van der Waals surface area contributed by atoms with Crippen LogP contribution in [0.2, 0.25) is 0 Å². The van der Waals surface area contributed by atoms with Crippen LogP contribution < -0.4 is 0 Å². The van der Waals surface area contributed by atoms with Crippen LogP contribution in [0.3, 0.4) is 0 Å². The lowest BCUT2D eigenvalue weighted by Gasteiger charge is -2.09. The molecule has 0 amide bonds. The van der Waals surface area contributed by atoms with Crippen molar-refractivity contribution in [3.63, 3.8) is 0 Å². The van der Waals surface area contributed by atoms with Gasteiger partial charge in [0.25, 0.3) is 0 Å². The van der Waals surface area contributed by atoms with E-state index in [4.69, 9.17) is 5.11 Å². The zero-order valence-corrected chi connectivity index (χ0v) is 9.97. The SMILES string of the molecule is CC(C)c1cccc2ccc(CC(=O)O)nc12. The van der Waals surface area contributed by atoms with Gasteiger partial charge in [0.15, 0.2) is 0 Å². The van der Waals surface area contributed by atoms with E-state index in [0.717, 1.165) is 16.5 Å². The Balaban J connectivity index is 2.57. The van der Waals surface area contributed by atoms with Crippen LogP contribution in [0.15, 0.2) is 30.3 Å². The summed E-state index contributed by atoms with van der Waals surface area (Å²) in [5.41, 5.74) is 2.69. The quantitative estimate of drug-likeness (QED) is 0.880. The Morgan fingerprint density at radius 2 is 2.06 bits per heavy atom. The Morgan fingerprint density at radius 1 is 1.29 bits per heavy atom. The number of aliphatic carboxylic acids is 1. The van der Waals surface area contributed by atoms with Crippen LogP contribution in [-0.4, -0.2) is 16.1 Å². The molecule has 0 saturated carbocycles. The third-order valence-electron chi connectivity index (χ3n) is 2.76. The second-order valence-electron chi connectivity index (χ2n) is 4.45. The molecule has 0 fully saturated rings. The molecule has 3 nitrogen and oxygen atoms in total. The number of fused-ring (bicyclic) bond motifs is 1. The minimum Gasteiger partial charge on any atom is -0.481 e. The van der Waals surface area contributed by atoms with Crippen molar-refractivity contribution >= 4 is 16.9 Å². The molecule has 0 atom stereocenters. The van der Waals surface area contributed by atoms with Gasteiger partial charge < -0.3 is 5.11 Å². The molecule has 1 aromatic carbocycles. The van der Waals surface area contributed by atoms with Gasteiger partial charge in [0.2, 0.25) is 0 Å². The zero-order valence-electron chi connectivity index (χ0n) is 9.97. The lowest BCUT2D eigenvalue weighted by molar-refractivity contribution is -0.136. The Bertz CT molecular complexity index is 561. The number of aromatic nitrogens is 1. The highest BCUT2D eigenvalue weighted by Gasteiger charge is 2.08. The minimum atomic E-state index is -0.848. The molecule has 0 spiro atoms. The summed E-state index contributed by atoms with van der Waals surface area (Å²) in [6.07, 6.45) is -0.0254. The van der Waals surface area contributed by atoms with Crippen molar-refractivity contribution in [3.05, 3.63) is 41.6 Å². The fourth-order valence-corrected chi connectivity index (χ4v) is 1.93. The van der Waals surface area contributed by atoms with Crippen LogP contribution in [0.5, 0.6) is 0 Å². The second kappa shape index (κ2) is 4.53. The summed E-state index contributed by atoms with van der Waals surface area (Å²) in [5, 5.41) is 9.84.